The summed E-state index contributed by atoms with van der Waals surface area (Å²) in [5.74, 6) is -0.849. The number of unbranched alkanes of at least 4 members (excludes halogenated alkanes) is 15. The Kier molecular flexibility index (Phi) is 33.4. The first-order valence-corrected chi connectivity index (χ1v) is 20.8. The third kappa shape index (κ3) is 35.8. The monoisotopic (exact) mass is 713 g/mol. The molecule has 9 nitrogen and oxygen atoms in total. The van der Waals surface area contributed by atoms with Gasteiger partial charge in [-0.1, -0.05) is 127 Å². The van der Waals surface area contributed by atoms with E-state index in [1.54, 1.807) is 0 Å². The van der Waals surface area contributed by atoms with Crippen molar-refractivity contribution in [1.82, 2.24) is 4.90 Å². The van der Waals surface area contributed by atoms with Gasteiger partial charge in [-0.25, -0.2) is 4.57 Å². The van der Waals surface area contributed by atoms with Crippen molar-refractivity contribution in [2.75, 3.05) is 40.5 Å². The lowest BCUT2D eigenvalue weighted by molar-refractivity contribution is -0.161. The topological polar surface area (TPSA) is 112 Å². The smallest absolute Gasteiger partial charge is 0.462 e. The van der Waals surface area contributed by atoms with Crippen molar-refractivity contribution < 1.29 is 37.6 Å². The number of carbonyl (C=O) groups is 2. The summed E-state index contributed by atoms with van der Waals surface area (Å²) in [5.41, 5.74) is 0. The van der Waals surface area contributed by atoms with Crippen LogP contribution in [0, 0.1) is 0 Å². The summed E-state index contributed by atoms with van der Waals surface area (Å²) in [6.07, 6.45) is 34.8. The number of nitrogens with zero attached hydrogens (tertiary/aromatic N) is 1. The van der Waals surface area contributed by atoms with Gasteiger partial charge in [0.05, 0.1) is 13.2 Å². The minimum atomic E-state index is -4.36. The molecule has 0 saturated heterocycles. The van der Waals surface area contributed by atoms with E-state index in [1.165, 1.54) is 70.6 Å². The third-order valence-corrected chi connectivity index (χ3v) is 8.93. The number of hydrogen-bond acceptors (Lipinski definition) is 8. The Bertz CT molecular complexity index is 921. The predicted molar refractivity (Wildman–Crippen MR) is 201 cm³/mol. The summed E-state index contributed by atoms with van der Waals surface area (Å²) < 4.78 is 33.3. The zero-order valence-corrected chi connectivity index (χ0v) is 32.5. The van der Waals surface area contributed by atoms with E-state index < -0.39 is 26.5 Å². The molecule has 0 bridgehead atoms. The second kappa shape index (κ2) is 34.7. The molecule has 286 valence electrons. The molecule has 0 radical (unpaired) electrons. The Morgan fingerprint density at radius 2 is 1.10 bits per heavy atom. The van der Waals surface area contributed by atoms with Gasteiger partial charge in [0, 0.05) is 19.4 Å². The molecule has 1 N–H and O–H groups in total. The van der Waals surface area contributed by atoms with E-state index in [4.69, 9.17) is 18.5 Å². The minimum absolute atomic E-state index is 0.000444. The van der Waals surface area contributed by atoms with Crippen LogP contribution in [0.4, 0.5) is 0 Å². The number of allylic oxidation sites excluding steroid dienone is 6. The summed E-state index contributed by atoms with van der Waals surface area (Å²) in [6.45, 7) is 4.22. The van der Waals surface area contributed by atoms with Gasteiger partial charge in [-0.2, -0.15) is 0 Å². The third-order valence-electron chi connectivity index (χ3n) is 7.95. The number of carbonyl (C=O) groups excluding carboxylic acids is 2. The van der Waals surface area contributed by atoms with Gasteiger partial charge < -0.3 is 19.3 Å². The Morgan fingerprint density at radius 1 is 0.633 bits per heavy atom. The number of hydrogen-bond donors (Lipinski definition) is 1. The van der Waals surface area contributed by atoms with Crippen LogP contribution in [0.15, 0.2) is 36.5 Å². The van der Waals surface area contributed by atoms with Crippen LogP contribution in [-0.4, -0.2) is 68.3 Å². The first kappa shape index (κ1) is 47.2. The van der Waals surface area contributed by atoms with E-state index in [-0.39, 0.29) is 32.0 Å². The Hall–Kier alpha value is -1.77. The van der Waals surface area contributed by atoms with Gasteiger partial charge in [-0.3, -0.25) is 18.6 Å². The van der Waals surface area contributed by atoms with Crippen LogP contribution in [0.1, 0.15) is 155 Å². The molecule has 0 aromatic heterocycles. The van der Waals surface area contributed by atoms with Gasteiger partial charge in [0.15, 0.2) is 6.10 Å². The van der Waals surface area contributed by atoms with Crippen molar-refractivity contribution in [2.45, 2.75) is 161 Å². The first-order valence-electron chi connectivity index (χ1n) is 19.3. The summed E-state index contributed by atoms with van der Waals surface area (Å²) in [4.78, 5) is 36.8. The largest absolute Gasteiger partial charge is 0.472 e. The second-order valence-corrected chi connectivity index (χ2v) is 14.6. The zero-order valence-electron chi connectivity index (χ0n) is 31.6. The van der Waals surface area contributed by atoms with Crippen LogP contribution in [-0.2, 0) is 32.7 Å². The van der Waals surface area contributed by atoms with E-state index >= 15 is 0 Å². The lowest BCUT2D eigenvalue weighted by atomic mass is 10.1. The number of rotatable bonds is 35. The van der Waals surface area contributed by atoms with Crippen molar-refractivity contribution in [3.8, 4) is 0 Å². The molecule has 0 aliphatic heterocycles. The van der Waals surface area contributed by atoms with Gasteiger partial charge >= 0.3 is 19.8 Å². The lowest BCUT2D eigenvalue weighted by Gasteiger charge is -2.20. The summed E-state index contributed by atoms with van der Waals surface area (Å²) in [6, 6.07) is 0. The lowest BCUT2D eigenvalue weighted by Crippen LogP contribution is -2.29. The van der Waals surface area contributed by atoms with E-state index in [9.17, 15) is 19.0 Å². The van der Waals surface area contributed by atoms with Crippen LogP contribution in [0.25, 0.3) is 0 Å². The molecule has 0 aromatic carbocycles. The van der Waals surface area contributed by atoms with Gasteiger partial charge in [-0.15, -0.1) is 0 Å². The molecule has 0 spiro atoms. The quantitative estimate of drug-likeness (QED) is 0.0297. The maximum Gasteiger partial charge on any atom is 0.472 e. The molecular formula is C39H72NO8P. The van der Waals surface area contributed by atoms with Crippen LogP contribution in [0.2, 0.25) is 0 Å². The fourth-order valence-electron chi connectivity index (χ4n) is 4.93. The van der Waals surface area contributed by atoms with Crippen LogP contribution in [0.3, 0.4) is 0 Å². The zero-order chi connectivity index (χ0) is 36.3. The molecule has 0 heterocycles. The molecular weight excluding hydrogens is 641 g/mol. The molecule has 49 heavy (non-hydrogen) atoms. The molecule has 0 amide bonds. The van der Waals surface area contributed by atoms with Crippen LogP contribution >= 0.6 is 7.82 Å². The van der Waals surface area contributed by atoms with Crippen molar-refractivity contribution >= 4 is 19.8 Å². The van der Waals surface area contributed by atoms with E-state index in [1.807, 2.05) is 19.0 Å². The maximum absolute atomic E-state index is 12.6. The summed E-state index contributed by atoms with van der Waals surface area (Å²) in [7, 11) is -0.729. The second-order valence-electron chi connectivity index (χ2n) is 13.1. The van der Waals surface area contributed by atoms with E-state index in [0.717, 1.165) is 51.4 Å². The highest BCUT2D eigenvalue weighted by atomic mass is 31.2. The van der Waals surface area contributed by atoms with Gasteiger partial charge in [0.1, 0.15) is 6.61 Å². The molecule has 0 rings (SSSR count). The highest BCUT2D eigenvalue weighted by molar-refractivity contribution is 7.47. The molecule has 0 saturated carbocycles. The highest BCUT2D eigenvalue weighted by Crippen LogP contribution is 2.43. The number of esters is 2. The fraction of sp³-hybridized carbons (Fsp3) is 0.795. The van der Waals surface area contributed by atoms with E-state index in [0.29, 0.717) is 13.0 Å². The Balaban J connectivity index is 4.44. The van der Waals surface area contributed by atoms with E-state index in [2.05, 4.69) is 50.3 Å². The molecule has 0 aliphatic rings. The van der Waals surface area contributed by atoms with Crippen molar-refractivity contribution in [3.63, 3.8) is 0 Å². The number of likely N-dealkylation sites (N-methyl/N-ethyl adjacent to an activating group) is 1. The van der Waals surface area contributed by atoms with Crippen LogP contribution < -0.4 is 0 Å². The molecule has 2 unspecified atom stereocenters. The minimum Gasteiger partial charge on any atom is -0.462 e. The fourth-order valence-corrected chi connectivity index (χ4v) is 5.67. The number of ether oxygens (including phenoxy) is 2. The average Bonchev–Trinajstić information content (AvgIpc) is 3.06. The highest BCUT2D eigenvalue weighted by Gasteiger charge is 2.26. The number of phosphoric acid groups is 1. The Morgan fingerprint density at radius 3 is 1.67 bits per heavy atom. The molecule has 10 heteroatoms. The van der Waals surface area contributed by atoms with Crippen molar-refractivity contribution in [1.29, 1.82) is 0 Å². The standard InChI is InChI=1S/C39H72NO8P/c1-5-7-9-11-13-15-17-18-19-20-22-24-26-28-30-32-39(42)48-37(36-47-49(43,44)46-34-33-40(3)4)35-45-38(41)31-29-27-25-23-21-16-14-12-10-8-6-2/h13,15,18-19,22,24,37H,5-12,14,16-17,20-21,23,25-36H2,1-4H3,(H,43,44)/b15-13-,19-18-,24-22-. The maximum atomic E-state index is 12.6. The Labute approximate surface area is 299 Å². The molecule has 0 aromatic rings. The normalized spacial score (nSPS) is 13.9. The van der Waals surface area contributed by atoms with Gasteiger partial charge in [-0.05, 0) is 65.5 Å². The number of phosphoric ester groups is 1. The molecule has 0 fully saturated rings. The predicted octanol–water partition coefficient (Wildman–Crippen LogP) is 10.4. The average molecular weight is 714 g/mol. The SMILES string of the molecule is CCCCC/C=C\C/C=C\C/C=C\CCCCC(=O)OC(COC(=O)CCCCCCCCCCCCC)COP(=O)(O)OCCN(C)C. The van der Waals surface area contributed by atoms with Gasteiger partial charge in [0.2, 0.25) is 0 Å². The summed E-state index contributed by atoms with van der Waals surface area (Å²) in [5, 5.41) is 0. The van der Waals surface area contributed by atoms with Crippen molar-refractivity contribution in [2.24, 2.45) is 0 Å². The van der Waals surface area contributed by atoms with Crippen LogP contribution in [0.5, 0.6) is 0 Å². The molecule has 2 atom stereocenters. The van der Waals surface area contributed by atoms with Gasteiger partial charge in [0.25, 0.3) is 0 Å². The first-order chi connectivity index (χ1) is 23.7. The van der Waals surface area contributed by atoms with Crippen molar-refractivity contribution in [3.05, 3.63) is 36.5 Å². The molecule has 0 aliphatic carbocycles. The summed E-state index contributed by atoms with van der Waals surface area (Å²) >= 11 is 0.